The summed E-state index contributed by atoms with van der Waals surface area (Å²) in [7, 11) is -3.77. The number of benzene rings is 2. The van der Waals surface area contributed by atoms with Crippen molar-refractivity contribution in [3.63, 3.8) is 0 Å². The molecule has 1 N–H and O–H groups in total. The van der Waals surface area contributed by atoms with Crippen molar-refractivity contribution in [2.75, 3.05) is 6.54 Å². The first-order chi connectivity index (χ1) is 12.3. The summed E-state index contributed by atoms with van der Waals surface area (Å²) in [6.07, 6.45) is 1.52. The summed E-state index contributed by atoms with van der Waals surface area (Å²) in [5.41, 5.74) is 1.83. The smallest absolute Gasteiger partial charge is 0.242 e. The number of nitrogens with one attached hydrogen (secondary N) is 1. The van der Waals surface area contributed by atoms with Crippen LogP contribution >= 0.6 is 23.2 Å². The van der Waals surface area contributed by atoms with Crippen molar-refractivity contribution >= 4 is 39.1 Å². The molecule has 0 spiro atoms. The van der Waals surface area contributed by atoms with Crippen LogP contribution < -0.4 is 4.72 Å². The third-order valence-corrected chi connectivity index (χ3v) is 6.33. The van der Waals surface area contributed by atoms with Gasteiger partial charge in [0.1, 0.15) is 4.90 Å². The van der Waals surface area contributed by atoms with Gasteiger partial charge in [-0.3, -0.25) is 4.79 Å². The predicted octanol–water partition coefficient (Wildman–Crippen LogP) is 3.59. The van der Waals surface area contributed by atoms with Gasteiger partial charge in [0.2, 0.25) is 15.9 Å². The Kier molecular flexibility index (Phi) is 5.87. The summed E-state index contributed by atoms with van der Waals surface area (Å²) < 4.78 is 27.4. The first-order valence-corrected chi connectivity index (χ1v) is 10.4. The van der Waals surface area contributed by atoms with Gasteiger partial charge in [0, 0.05) is 31.1 Å². The van der Waals surface area contributed by atoms with E-state index in [1.54, 1.807) is 0 Å². The van der Waals surface area contributed by atoms with E-state index in [0.717, 1.165) is 24.1 Å². The molecule has 0 aliphatic carbocycles. The van der Waals surface area contributed by atoms with E-state index in [9.17, 15) is 13.2 Å². The van der Waals surface area contributed by atoms with Gasteiger partial charge in [-0.2, -0.15) is 0 Å². The van der Waals surface area contributed by atoms with E-state index < -0.39 is 10.0 Å². The van der Waals surface area contributed by atoms with Crippen LogP contribution in [0.5, 0.6) is 0 Å². The van der Waals surface area contributed by atoms with Gasteiger partial charge in [-0.1, -0.05) is 47.5 Å². The maximum absolute atomic E-state index is 12.4. The monoisotopic (exact) mass is 412 g/mol. The van der Waals surface area contributed by atoms with Crippen molar-refractivity contribution in [2.24, 2.45) is 0 Å². The summed E-state index contributed by atoms with van der Waals surface area (Å²) >= 11 is 11.8. The van der Waals surface area contributed by atoms with Gasteiger partial charge in [-0.05, 0) is 35.7 Å². The average molecular weight is 413 g/mol. The van der Waals surface area contributed by atoms with Crippen molar-refractivity contribution in [1.29, 1.82) is 0 Å². The molecule has 0 saturated carbocycles. The Balaban J connectivity index is 1.64. The van der Waals surface area contributed by atoms with Crippen LogP contribution in [0.25, 0.3) is 0 Å². The van der Waals surface area contributed by atoms with Crippen molar-refractivity contribution in [1.82, 2.24) is 9.62 Å². The van der Waals surface area contributed by atoms with Crippen molar-refractivity contribution < 1.29 is 13.2 Å². The molecule has 1 fully saturated rings. The Bertz CT molecular complexity index is 915. The van der Waals surface area contributed by atoms with Crippen molar-refractivity contribution in [3.05, 3.63) is 63.6 Å². The van der Waals surface area contributed by atoms with E-state index in [-0.39, 0.29) is 22.4 Å². The molecule has 1 aliphatic heterocycles. The predicted molar refractivity (Wildman–Crippen MR) is 102 cm³/mol. The molecule has 26 heavy (non-hydrogen) atoms. The van der Waals surface area contributed by atoms with E-state index in [1.165, 1.54) is 18.2 Å². The summed E-state index contributed by atoms with van der Waals surface area (Å²) in [6, 6.07) is 11.8. The highest BCUT2D eigenvalue weighted by atomic mass is 35.5. The Labute approximate surface area is 163 Å². The standard InChI is InChI=1S/C18H18Cl2N2O3S/c19-15-7-8-16(20)17(10-15)26(24,25)21-11-13-3-5-14(6-4-13)12-22-9-1-2-18(22)23/h3-8,10,21H,1-2,9,11-12H2. The molecule has 0 bridgehead atoms. The second-order valence-electron chi connectivity index (χ2n) is 6.13. The molecule has 1 amide bonds. The fourth-order valence-corrected chi connectivity index (χ4v) is 4.57. The highest BCUT2D eigenvalue weighted by Gasteiger charge is 2.20. The summed E-state index contributed by atoms with van der Waals surface area (Å²) in [5, 5.41) is 0.420. The van der Waals surface area contributed by atoms with Gasteiger partial charge in [-0.15, -0.1) is 0 Å². The SMILES string of the molecule is O=C1CCCN1Cc1ccc(CNS(=O)(=O)c2cc(Cl)ccc2Cl)cc1. The highest BCUT2D eigenvalue weighted by molar-refractivity contribution is 7.89. The van der Waals surface area contributed by atoms with E-state index in [2.05, 4.69) is 4.72 Å². The number of amides is 1. The molecule has 0 atom stereocenters. The Morgan fingerprint density at radius 1 is 1.04 bits per heavy atom. The highest BCUT2D eigenvalue weighted by Crippen LogP contribution is 2.25. The van der Waals surface area contributed by atoms with Crippen LogP contribution in [-0.2, 0) is 27.9 Å². The van der Waals surface area contributed by atoms with Gasteiger partial charge in [0.05, 0.1) is 5.02 Å². The minimum Gasteiger partial charge on any atom is -0.338 e. The fraction of sp³-hybridized carbons (Fsp3) is 0.278. The van der Waals surface area contributed by atoms with Crippen LogP contribution in [0.2, 0.25) is 10.0 Å². The maximum Gasteiger partial charge on any atom is 0.242 e. The Morgan fingerprint density at radius 3 is 2.38 bits per heavy atom. The van der Waals surface area contributed by atoms with Crippen LogP contribution in [0.3, 0.4) is 0 Å². The average Bonchev–Trinajstić information content (AvgIpc) is 3.01. The largest absolute Gasteiger partial charge is 0.338 e. The molecule has 0 aromatic heterocycles. The van der Waals surface area contributed by atoms with Crippen molar-refractivity contribution in [2.45, 2.75) is 30.8 Å². The first kappa shape index (κ1) is 19.2. The van der Waals surface area contributed by atoms with Gasteiger partial charge in [0.15, 0.2) is 0 Å². The first-order valence-electron chi connectivity index (χ1n) is 8.15. The molecule has 2 aromatic rings. The van der Waals surface area contributed by atoms with Crippen LogP contribution in [-0.4, -0.2) is 25.8 Å². The van der Waals surface area contributed by atoms with Gasteiger partial charge in [-0.25, -0.2) is 13.1 Å². The molecular formula is C18H18Cl2N2O3S. The number of rotatable bonds is 6. The number of hydrogen-bond donors (Lipinski definition) is 1. The van der Waals surface area contributed by atoms with Crippen LogP contribution in [0.1, 0.15) is 24.0 Å². The fourth-order valence-electron chi connectivity index (χ4n) is 2.79. The lowest BCUT2D eigenvalue weighted by Crippen LogP contribution is -2.24. The number of likely N-dealkylation sites (tertiary alicyclic amines) is 1. The van der Waals surface area contributed by atoms with E-state index in [4.69, 9.17) is 23.2 Å². The lowest BCUT2D eigenvalue weighted by Gasteiger charge is -2.15. The molecule has 0 unspecified atom stereocenters. The number of carbonyl (C=O) groups excluding carboxylic acids is 1. The topological polar surface area (TPSA) is 66.5 Å². The molecule has 1 heterocycles. The molecule has 0 radical (unpaired) electrons. The summed E-state index contributed by atoms with van der Waals surface area (Å²) in [4.78, 5) is 13.5. The van der Waals surface area contributed by atoms with E-state index in [1.807, 2.05) is 29.2 Å². The minimum absolute atomic E-state index is 0.0455. The summed E-state index contributed by atoms with van der Waals surface area (Å²) in [6.45, 7) is 1.51. The zero-order valence-electron chi connectivity index (χ0n) is 13.9. The number of carbonyl (C=O) groups is 1. The molecule has 8 heteroatoms. The number of halogens is 2. The number of sulfonamides is 1. The van der Waals surface area contributed by atoms with Crippen LogP contribution in [0.4, 0.5) is 0 Å². The molecule has 3 rings (SSSR count). The zero-order chi connectivity index (χ0) is 18.7. The number of hydrogen-bond acceptors (Lipinski definition) is 3. The van der Waals surface area contributed by atoms with E-state index in [0.29, 0.717) is 18.0 Å². The zero-order valence-corrected chi connectivity index (χ0v) is 16.2. The van der Waals surface area contributed by atoms with Crippen molar-refractivity contribution in [3.8, 4) is 0 Å². The molecule has 1 saturated heterocycles. The van der Waals surface area contributed by atoms with Crippen LogP contribution in [0.15, 0.2) is 47.4 Å². The Hall–Kier alpha value is -1.60. The second-order valence-corrected chi connectivity index (χ2v) is 8.71. The van der Waals surface area contributed by atoms with Gasteiger partial charge in [0.25, 0.3) is 0 Å². The maximum atomic E-state index is 12.4. The molecule has 138 valence electrons. The molecule has 5 nitrogen and oxygen atoms in total. The normalized spacial score (nSPS) is 14.8. The lowest BCUT2D eigenvalue weighted by molar-refractivity contribution is -0.128. The van der Waals surface area contributed by atoms with Crippen LogP contribution in [0, 0.1) is 0 Å². The van der Waals surface area contributed by atoms with Gasteiger partial charge >= 0.3 is 0 Å². The van der Waals surface area contributed by atoms with E-state index >= 15 is 0 Å². The number of nitrogens with zero attached hydrogens (tertiary/aromatic N) is 1. The Morgan fingerprint density at radius 2 is 1.73 bits per heavy atom. The third kappa shape index (κ3) is 4.57. The summed E-state index contributed by atoms with van der Waals surface area (Å²) in [5.74, 6) is 0.181. The quantitative estimate of drug-likeness (QED) is 0.787. The minimum atomic E-state index is -3.77. The molecular weight excluding hydrogens is 395 g/mol. The molecule has 1 aliphatic rings. The molecule has 2 aromatic carbocycles. The second kappa shape index (κ2) is 7.96. The third-order valence-electron chi connectivity index (χ3n) is 4.22. The lowest BCUT2D eigenvalue weighted by atomic mass is 10.1. The van der Waals surface area contributed by atoms with Gasteiger partial charge < -0.3 is 4.90 Å².